The number of nitrogens with one attached hydrogen (secondary N) is 1. The highest BCUT2D eigenvalue weighted by Crippen LogP contribution is 2.39. The first kappa shape index (κ1) is 15.1. The van der Waals surface area contributed by atoms with Crippen molar-refractivity contribution in [3.8, 4) is 23.0 Å². The molecule has 0 saturated carbocycles. The fourth-order valence-electron chi connectivity index (χ4n) is 1.89. The summed E-state index contributed by atoms with van der Waals surface area (Å²) in [6.45, 7) is 2.05. The summed E-state index contributed by atoms with van der Waals surface area (Å²) < 4.78 is 16.5. The largest absolute Gasteiger partial charge is 0.493 e. The molecule has 0 aliphatic rings. The van der Waals surface area contributed by atoms with E-state index < -0.39 is 0 Å². The highest BCUT2D eigenvalue weighted by atomic mass is 16.5. The lowest BCUT2D eigenvalue weighted by molar-refractivity contribution is 0.346. The van der Waals surface area contributed by atoms with Gasteiger partial charge in [-0.25, -0.2) is 0 Å². The van der Waals surface area contributed by atoms with Crippen LogP contribution in [0.1, 0.15) is 18.7 Å². The maximum Gasteiger partial charge on any atom is 0.211 e. The molecular formula is C16H20N2O3. The van der Waals surface area contributed by atoms with Gasteiger partial charge in [-0.05, 0) is 38.2 Å². The van der Waals surface area contributed by atoms with E-state index in [0.29, 0.717) is 23.0 Å². The van der Waals surface area contributed by atoms with Crippen molar-refractivity contribution in [2.45, 2.75) is 13.0 Å². The molecule has 0 amide bonds. The van der Waals surface area contributed by atoms with E-state index in [-0.39, 0.29) is 6.04 Å². The summed E-state index contributed by atoms with van der Waals surface area (Å²) in [6, 6.07) is 9.49. The first-order chi connectivity index (χ1) is 10.2. The Balaban J connectivity index is 2.26. The minimum Gasteiger partial charge on any atom is -0.493 e. The van der Waals surface area contributed by atoms with Gasteiger partial charge in [0.1, 0.15) is 5.75 Å². The number of para-hydroxylation sites is 1. The van der Waals surface area contributed by atoms with Crippen LogP contribution in [0.15, 0.2) is 36.5 Å². The van der Waals surface area contributed by atoms with E-state index in [1.807, 2.05) is 44.3 Å². The quantitative estimate of drug-likeness (QED) is 0.884. The third kappa shape index (κ3) is 3.44. The fourth-order valence-corrected chi connectivity index (χ4v) is 1.89. The molecule has 1 aromatic carbocycles. The van der Waals surface area contributed by atoms with Gasteiger partial charge in [0.2, 0.25) is 5.75 Å². The molecule has 1 N–H and O–H groups in total. The topological polar surface area (TPSA) is 52.6 Å². The van der Waals surface area contributed by atoms with Crippen LogP contribution in [-0.4, -0.2) is 26.3 Å². The van der Waals surface area contributed by atoms with E-state index >= 15 is 0 Å². The van der Waals surface area contributed by atoms with Crippen LogP contribution in [0.2, 0.25) is 0 Å². The van der Waals surface area contributed by atoms with E-state index in [0.717, 1.165) is 5.69 Å². The molecule has 1 unspecified atom stereocenters. The van der Waals surface area contributed by atoms with Crippen molar-refractivity contribution >= 4 is 0 Å². The minimum atomic E-state index is 0.194. The van der Waals surface area contributed by atoms with E-state index in [4.69, 9.17) is 14.2 Å². The average molecular weight is 288 g/mol. The average Bonchev–Trinajstić information content (AvgIpc) is 2.55. The Kier molecular flexibility index (Phi) is 5.00. The Morgan fingerprint density at radius 3 is 2.19 bits per heavy atom. The number of ether oxygens (including phenoxy) is 3. The number of methoxy groups -OCH3 is 2. The summed E-state index contributed by atoms with van der Waals surface area (Å²) in [5.74, 6) is 2.40. The van der Waals surface area contributed by atoms with E-state index in [1.165, 1.54) is 0 Å². The SMILES string of the molecule is CNC(C)c1ccc(Oc2c(OC)cccc2OC)cn1. The van der Waals surface area contributed by atoms with E-state index in [9.17, 15) is 0 Å². The Hall–Kier alpha value is -2.27. The predicted octanol–water partition coefficient (Wildman–Crippen LogP) is 3.17. The number of pyridine rings is 1. The first-order valence-corrected chi connectivity index (χ1v) is 6.71. The van der Waals surface area contributed by atoms with Crippen LogP contribution in [0.25, 0.3) is 0 Å². The van der Waals surface area contributed by atoms with Crippen molar-refractivity contribution < 1.29 is 14.2 Å². The Morgan fingerprint density at radius 2 is 1.71 bits per heavy atom. The minimum absolute atomic E-state index is 0.194. The Bertz CT molecular complexity index is 562. The van der Waals surface area contributed by atoms with Crippen LogP contribution in [0, 0.1) is 0 Å². The zero-order valence-electron chi connectivity index (χ0n) is 12.7. The number of nitrogens with zero attached hydrogens (tertiary/aromatic N) is 1. The van der Waals surface area contributed by atoms with Gasteiger partial charge in [-0.1, -0.05) is 6.07 Å². The standard InChI is InChI=1S/C16H20N2O3/c1-11(17-2)13-9-8-12(10-18-13)21-16-14(19-3)6-5-7-15(16)20-4/h5-11,17H,1-4H3. The third-order valence-electron chi connectivity index (χ3n) is 3.24. The molecule has 0 aliphatic carbocycles. The van der Waals surface area contributed by atoms with Gasteiger partial charge in [-0.2, -0.15) is 0 Å². The van der Waals surface area contributed by atoms with Crippen molar-refractivity contribution in [1.29, 1.82) is 0 Å². The first-order valence-electron chi connectivity index (χ1n) is 6.71. The normalized spacial score (nSPS) is 11.8. The maximum absolute atomic E-state index is 5.86. The number of hydrogen-bond acceptors (Lipinski definition) is 5. The number of hydrogen-bond donors (Lipinski definition) is 1. The summed E-state index contributed by atoms with van der Waals surface area (Å²) in [5, 5.41) is 3.14. The molecular weight excluding hydrogens is 268 g/mol. The van der Waals surface area contributed by atoms with Gasteiger partial charge in [0, 0.05) is 6.04 Å². The summed E-state index contributed by atoms with van der Waals surface area (Å²) in [5.41, 5.74) is 0.955. The van der Waals surface area contributed by atoms with Gasteiger partial charge < -0.3 is 19.5 Å². The molecule has 2 rings (SSSR count). The van der Waals surface area contributed by atoms with Crippen LogP contribution in [0.5, 0.6) is 23.0 Å². The highest BCUT2D eigenvalue weighted by Gasteiger charge is 2.13. The number of aromatic nitrogens is 1. The second-order valence-electron chi connectivity index (χ2n) is 4.52. The van der Waals surface area contributed by atoms with Crippen molar-refractivity contribution in [3.05, 3.63) is 42.2 Å². The third-order valence-corrected chi connectivity index (χ3v) is 3.24. The molecule has 1 atom stereocenters. The van der Waals surface area contributed by atoms with Crippen LogP contribution in [0.4, 0.5) is 0 Å². The number of rotatable bonds is 6. The van der Waals surface area contributed by atoms with Crippen LogP contribution >= 0.6 is 0 Å². The summed E-state index contributed by atoms with van der Waals surface area (Å²) in [6.07, 6.45) is 1.69. The molecule has 1 heterocycles. The number of benzene rings is 1. The van der Waals surface area contributed by atoms with Gasteiger partial charge in [-0.15, -0.1) is 0 Å². The molecule has 21 heavy (non-hydrogen) atoms. The molecule has 0 fully saturated rings. The van der Waals surface area contributed by atoms with Gasteiger partial charge >= 0.3 is 0 Å². The van der Waals surface area contributed by atoms with Crippen molar-refractivity contribution in [3.63, 3.8) is 0 Å². The van der Waals surface area contributed by atoms with E-state index in [2.05, 4.69) is 10.3 Å². The predicted molar refractivity (Wildman–Crippen MR) is 81.3 cm³/mol. The van der Waals surface area contributed by atoms with Gasteiger partial charge in [0.25, 0.3) is 0 Å². The summed E-state index contributed by atoms with van der Waals surface area (Å²) in [7, 11) is 5.09. The van der Waals surface area contributed by atoms with Crippen LogP contribution < -0.4 is 19.5 Å². The summed E-state index contributed by atoms with van der Waals surface area (Å²) in [4.78, 5) is 4.39. The highest BCUT2D eigenvalue weighted by molar-refractivity contribution is 5.52. The molecule has 112 valence electrons. The van der Waals surface area contributed by atoms with Gasteiger partial charge in [-0.3, -0.25) is 4.98 Å². The molecule has 0 spiro atoms. The molecule has 1 aromatic heterocycles. The fraction of sp³-hybridized carbons (Fsp3) is 0.312. The van der Waals surface area contributed by atoms with Gasteiger partial charge in [0.15, 0.2) is 11.5 Å². The van der Waals surface area contributed by atoms with E-state index in [1.54, 1.807) is 20.4 Å². The second kappa shape index (κ2) is 6.95. The summed E-state index contributed by atoms with van der Waals surface area (Å²) >= 11 is 0. The lowest BCUT2D eigenvalue weighted by atomic mass is 10.2. The zero-order valence-corrected chi connectivity index (χ0v) is 12.7. The lowest BCUT2D eigenvalue weighted by Gasteiger charge is -2.14. The van der Waals surface area contributed by atoms with Gasteiger partial charge in [0.05, 0.1) is 26.1 Å². The molecule has 5 heteroatoms. The monoisotopic (exact) mass is 288 g/mol. The van der Waals surface area contributed by atoms with Crippen molar-refractivity contribution in [2.75, 3.05) is 21.3 Å². The smallest absolute Gasteiger partial charge is 0.211 e. The second-order valence-corrected chi connectivity index (χ2v) is 4.52. The Morgan fingerprint density at radius 1 is 1.05 bits per heavy atom. The molecule has 5 nitrogen and oxygen atoms in total. The van der Waals surface area contributed by atoms with Crippen LogP contribution in [0.3, 0.4) is 0 Å². The zero-order chi connectivity index (χ0) is 15.2. The lowest BCUT2D eigenvalue weighted by Crippen LogP contribution is -2.13. The van der Waals surface area contributed by atoms with Crippen molar-refractivity contribution in [1.82, 2.24) is 10.3 Å². The van der Waals surface area contributed by atoms with Crippen LogP contribution in [-0.2, 0) is 0 Å². The molecule has 0 bridgehead atoms. The Labute approximate surface area is 124 Å². The molecule has 0 saturated heterocycles. The maximum atomic E-state index is 5.86. The molecule has 0 aliphatic heterocycles. The van der Waals surface area contributed by atoms with Crippen molar-refractivity contribution in [2.24, 2.45) is 0 Å². The molecule has 0 radical (unpaired) electrons. The molecule has 2 aromatic rings.